The Morgan fingerprint density at radius 1 is 1.05 bits per heavy atom. The zero-order chi connectivity index (χ0) is 14.8. The zero-order valence-electron chi connectivity index (χ0n) is 11.9. The number of benzene rings is 2. The summed E-state index contributed by atoms with van der Waals surface area (Å²) in [6.45, 7) is 2.89. The highest BCUT2D eigenvalue weighted by molar-refractivity contribution is 5.93. The molecule has 0 saturated heterocycles. The molecule has 0 atom stereocenters. The Morgan fingerprint density at radius 2 is 1.76 bits per heavy atom. The summed E-state index contributed by atoms with van der Waals surface area (Å²) >= 11 is 0. The van der Waals surface area contributed by atoms with Gasteiger partial charge < -0.3 is 9.67 Å². The van der Waals surface area contributed by atoms with Crippen LogP contribution in [0.2, 0.25) is 0 Å². The van der Waals surface area contributed by atoms with Gasteiger partial charge in [0, 0.05) is 18.3 Å². The summed E-state index contributed by atoms with van der Waals surface area (Å²) in [4.78, 5) is 11.1. The minimum absolute atomic E-state index is 0.323. The van der Waals surface area contributed by atoms with Crippen LogP contribution in [-0.4, -0.2) is 15.6 Å². The summed E-state index contributed by atoms with van der Waals surface area (Å²) < 4.78 is 2.09. The topological polar surface area (TPSA) is 42.2 Å². The van der Waals surface area contributed by atoms with Gasteiger partial charge in [0.1, 0.15) is 0 Å². The fourth-order valence-corrected chi connectivity index (χ4v) is 2.53. The lowest BCUT2D eigenvalue weighted by Crippen LogP contribution is -2.00. The molecule has 106 valence electrons. The van der Waals surface area contributed by atoms with E-state index in [4.69, 9.17) is 5.11 Å². The number of aromatic nitrogens is 1. The van der Waals surface area contributed by atoms with E-state index in [0.29, 0.717) is 5.56 Å². The van der Waals surface area contributed by atoms with E-state index in [2.05, 4.69) is 35.8 Å². The van der Waals surface area contributed by atoms with Crippen LogP contribution in [0, 0.1) is 0 Å². The molecule has 0 amide bonds. The van der Waals surface area contributed by atoms with Gasteiger partial charge in [0.15, 0.2) is 0 Å². The van der Waals surface area contributed by atoms with E-state index in [1.54, 1.807) is 12.1 Å². The van der Waals surface area contributed by atoms with E-state index in [1.165, 1.54) is 11.1 Å². The van der Waals surface area contributed by atoms with Gasteiger partial charge in [-0.3, -0.25) is 0 Å². The van der Waals surface area contributed by atoms with Crippen LogP contribution in [0.5, 0.6) is 0 Å². The molecule has 0 saturated carbocycles. The van der Waals surface area contributed by atoms with Crippen molar-refractivity contribution in [2.75, 3.05) is 0 Å². The quantitative estimate of drug-likeness (QED) is 0.785. The van der Waals surface area contributed by atoms with Crippen molar-refractivity contribution in [3.8, 4) is 0 Å². The molecule has 21 heavy (non-hydrogen) atoms. The van der Waals surface area contributed by atoms with Crippen molar-refractivity contribution in [3.05, 3.63) is 71.4 Å². The highest BCUT2D eigenvalue weighted by Gasteiger charge is 2.07. The molecule has 0 spiro atoms. The normalized spacial score (nSPS) is 10.9. The smallest absolute Gasteiger partial charge is 0.335 e. The van der Waals surface area contributed by atoms with Gasteiger partial charge in [0.05, 0.1) is 5.56 Å². The molecule has 0 bridgehead atoms. The third-order valence-electron chi connectivity index (χ3n) is 3.80. The molecule has 1 heterocycles. The van der Waals surface area contributed by atoms with Crippen LogP contribution in [-0.2, 0) is 13.0 Å². The largest absolute Gasteiger partial charge is 0.478 e. The second-order valence-corrected chi connectivity index (χ2v) is 5.19. The summed E-state index contributed by atoms with van der Waals surface area (Å²) in [5.41, 5.74) is 3.81. The van der Waals surface area contributed by atoms with Crippen molar-refractivity contribution >= 4 is 16.9 Å². The molecule has 3 rings (SSSR count). The number of nitrogens with zero attached hydrogens (tertiary/aromatic N) is 1. The van der Waals surface area contributed by atoms with Crippen LogP contribution in [0.4, 0.5) is 0 Å². The monoisotopic (exact) mass is 279 g/mol. The minimum Gasteiger partial charge on any atom is -0.478 e. The number of hydrogen-bond donors (Lipinski definition) is 1. The second-order valence-electron chi connectivity index (χ2n) is 5.19. The lowest BCUT2D eigenvalue weighted by atomic mass is 10.1. The van der Waals surface area contributed by atoms with E-state index < -0.39 is 5.97 Å². The number of carbonyl (C=O) groups is 1. The lowest BCUT2D eigenvalue weighted by molar-refractivity contribution is 0.0697. The van der Waals surface area contributed by atoms with E-state index in [9.17, 15) is 4.79 Å². The maximum Gasteiger partial charge on any atom is 0.335 e. The van der Waals surface area contributed by atoms with Crippen molar-refractivity contribution in [2.45, 2.75) is 19.9 Å². The van der Waals surface area contributed by atoms with Gasteiger partial charge in [-0.2, -0.15) is 0 Å². The van der Waals surface area contributed by atoms with Gasteiger partial charge >= 0.3 is 5.97 Å². The lowest BCUT2D eigenvalue weighted by Gasteiger charge is -2.07. The molecule has 0 fully saturated rings. The first-order valence-corrected chi connectivity index (χ1v) is 7.07. The number of aryl methyl sites for hydroxylation is 1. The van der Waals surface area contributed by atoms with Gasteiger partial charge in [0.2, 0.25) is 0 Å². The average molecular weight is 279 g/mol. The predicted molar refractivity (Wildman–Crippen MR) is 83.8 cm³/mol. The Labute approximate surface area is 123 Å². The van der Waals surface area contributed by atoms with Gasteiger partial charge in [-0.05, 0) is 41.1 Å². The molecule has 0 radical (unpaired) electrons. The molecule has 1 N–H and O–H groups in total. The Bertz CT molecular complexity index is 785. The first-order chi connectivity index (χ1) is 10.2. The second kappa shape index (κ2) is 5.44. The maximum absolute atomic E-state index is 11.1. The summed E-state index contributed by atoms with van der Waals surface area (Å²) in [5.74, 6) is -0.892. The Hall–Kier alpha value is -2.55. The molecule has 0 aliphatic rings. The van der Waals surface area contributed by atoms with Crippen molar-refractivity contribution in [1.82, 2.24) is 4.57 Å². The first kappa shape index (κ1) is 13.4. The predicted octanol–water partition coefficient (Wildman–Crippen LogP) is 3.95. The Morgan fingerprint density at radius 3 is 2.43 bits per heavy atom. The maximum atomic E-state index is 11.1. The zero-order valence-corrected chi connectivity index (χ0v) is 11.9. The van der Waals surface area contributed by atoms with E-state index >= 15 is 0 Å². The third kappa shape index (κ3) is 2.68. The van der Waals surface area contributed by atoms with Gasteiger partial charge in [-0.25, -0.2) is 4.79 Å². The van der Waals surface area contributed by atoms with Crippen molar-refractivity contribution in [2.24, 2.45) is 0 Å². The fraction of sp³-hybridized carbons (Fsp3) is 0.167. The van der Waals surface area contributed by atoms with Crippen LogP contribution in [0.25, 0.3) is 10.9 Å². The number of carboxylic acids is 1. The molecule has 2 aromatic carbocycles. The molecule has 0 aliphatic carbocycles. The fourth-order valence-electron chi connectivity index (χ4n) is 2.53. The Kier molecular flexibility index (Phi) is 3.48. The van der Waals surface area contributed by atoms with E-state index in [1.807, 2.05) is 18.3 Å². The van der Waals surface area contributed by atoms with Crippen LogP contribution in [0.15, 0.2) is 54.7 Å². The molecule has 3 nitrogen and oxygen atoms in total. The summed E-state index contributed by atoms with van der Waals surface area (Å²) in [7, 11) is 0. The van der Waals surface area contributed by atoms with Crippen LogP contribution in [0.1, 0.15) is 28.4 Å². The third-order valence-corrected chi connectivity index (χ3v) is 3.80. The minimum atomic E-state index is -0.892. The van der Waals surface area contributed by atoms with E-state index in [-0.39, 0.29) is 0 Å². The number of fused-ring (bicyclic) bond motifs is 1. The van der Waals surface area contributed by atoms with Crippen molar-refractivity contribution in [1.29, 1.82) is 0 Å². The van der Waals surface area contributed by atoms with Gasteiger partial charge in [0.25, 0.3) is 0 Å². The summed E-state index contributed by atoms with van der Waals surface area (Å²) in [5, 5.41) is 10.2. The highest BCUT2D eigenvalue weighted by atomic mass is 16.4. The van der Waals surface area contributed by atoms with Gasteiger partial charge in [-0.15, -0.1) is 0 Å². The molecule has 0 unspecified atom stereocenters. The molecule has 1 aromatic heterocycles. The first-order valence-electron chi connectivity index (χ1n) is 7.07. The molecule has 0 aliphatic heterocycles. The van der Waals surface area contributed by atoms with E-state index in [0.717, 1.165) is 23.9 Å². The number of carboxylic acid groups (broad SMARTS) is 1. The Balaban J connectivity index is 1.95. The van der Waals surface area contributed by atoms with Crippen molar-refractivity contribution in [3.63, 3.8) is 0 Å². The SMILES string of the molecule is CCc1ccc(Cn2ccc3ccc(C(=O)O)cc32)cc1. The molecule has 3 aromatic rings. The molecule has 3 heteroatoms. The number of aromatic carboxylic acids is 1. The van der Waals surface area contributed by atoms with Crippen LogP contribution in [0.3, 0.4) is 0 Å². The van der Waals surface area contributed by atoms with Crippen molar-refractivity contribution < 1.29 is 9.90 Å². The van der Waals surface area contributed by atoms with Crippen LogP contribution < -0.4 is 0 Å². The standard InChI is InChI=1S/C18H17NO2/c1-2-13-3-5-14(6-4-13)12-19-10-9-15-7-8-16(18(20)21)11-17(15)19/h3-11H,2,12H2,1H3,(H,20,21). The highest BCUT2D eigenvalue weighted by Crippen LogP contribution is 2.19. The summed E-state index contributed by atoms with van der Waals surface area (Å²) in [6.07, 6.45) is 3.04. The van der Waals surface area contributed by atoms with Crippen LogP contribution >= 0.6 is 0 Å². The average Bonchev–Trinajstić information content (AvgIpc) is 2.90. The van der Waals surface area contributed by atoms with Gasteiger partial charge in [-0.1, -0.05) is 37.3 Å². The summed E-state index contributed by atoms with van der Waals surface area (Å²) in [6, 6.07) is 15.8. The molecular formula is C18H17NO2. The number of hydrogen-bond acceptors (Lipinski definition) is 1. The number of rotatable bonds is 4. The molecular weight excluding hydrogens is 262 g/mol.